The van der Waals surface area contributed by atoms with E-state index >= 15 is 0 Å². The number of amides is 2. The van der Waals surface area contributed by atoms with Gasteiger partial charge in [0.25, 0.3) is 0 Å². The zero-order valence-corrected chi connectivity index (χ0v) is 14.9. The summed E-state index contributed by atoms with van der Waals surface area (Å²) >= 11 is 0. The van der Waals surface area contributed by atoms with Crippen molar-refractivity contribution in [3.05, 3.63) is 30.3 Å². The maximum absolute atomic E-state index is 11.9. The Hall–Kier alpha value is -1.93. The van der Waals surface area contributed by atoms with Crippen molar-refractivity contribution in [1.82, 2.24) is 10.2 Å². The number of carbonyl (C=O) groups excluding carboxylic acids is 2. The summed E-state index contributed by atoms with van der Waals surface area (Å²) in [5, 5.41) is 5.05. The highest BCUT2D eigenvalue weighted by atomic mass is 32.2. The summed E-state index contributed by atoms with van der Waals surface area (Å²) in [6, 6.07) is 8.56. The number of carbonyl (C=O) groups is 2. The molecule has 7 nitrogen and oxygen atoms in total. The first kappa shape index (κ1) is 20.1. The SMILES string of the molecule is CN(C)CCCCNC(=O)CS(=O)(=O)CC(=O)Nc1ccccc1. The predicted octanol–water partition coefficient (Wildman–Crippen LogP) is 0.498. The van der Waals surface area contributed by atoms with Crippen molar-refractivity contribution < 1.29 is 18.0 Å². The van der Waals surface area contributed by atoms with E-state index in [0.29, 0.717) is 12.2 Å². The van der Waals surface area contributed by atoms with E-state index in [-0.39, 0.29) is 0 Å². The molecule has 0 heterocycles. The molecular weight excluding hydrogens is 330 g/mol. The molecule has 1 aromatic rings. The Morgan fingerprint density at radius 3 is 2.25 bits per heavy atom. The van der Waals surface area contributed by atoms with Gasteiger partial charge in [0, 0.05) is 12.2 Å². The third-order valence-electron chi connectivity index (χ3n) is 3.11. The first-order valence-corrected chi connectivity index (χ1v) is 9.57. The number of sulfone groups is 1. The van der Waals surface area contributed by atoms with Crippen LogP contribution in [0.4, 0.5) is 5.69 Å². The molecule has 0 bridgehead atoms. The molecule has 0 fully saturated rings. The van der Waals surface area contributed by atoms with Gasteiger partial charge in [0.05, 0.1) is 0 Å². The predicted molar refractivity (Wildman–Crippen MR) is 94.5 cm³/mol. The van der Waals surface area contributed by atoms with Crippen LogP contribution < -0.4 is 10.6 Å². The molecule has 8 heteroatoms. The third-order valence-corrected chi connectivity index (χ3v) is 4.52. The van der Waals surface area contributed by atoms with Crippen LogP contribution in [-0.2, 0) is 19.4 Å². The standard InChI is InChI=1S/C16H25N3O4S/c1-19(2)11-7-6-10-17-15(20)12-24(22,23)13-16(21)18-14-8-4-3-5-9-14/h3-5,8-9H,6-7,10-13H2,1-2H3,(H,17,20)(H,18,21). The number of hydrogen-bond acceptors (Lipinski definition) is 5. The second-order valence-electron chi connectivity index (χ2n) is 5.81. The first-order valence-electron chi connectivity index (χ1n) is 7.75. The second-order valence-corrected chi connectivity index (χ2v) is 7.87. The summed E-state index contributed by atoms with van der Waals surface area (Å²) in [5.41, 5.74) is 0.517. The highest BCUT2D eigenvalue weighted by Gasteiger charge is 2.20. The van der Waals surface area contributed by atoms with E-state index < -0.39 is 33.2 Å². The van der Waals surface area contributed by atoms with Crippen molar-refractivity contribution in [2.75, 3.05) is 44.0 Å². The molecule has 0 spiro atoms. The second kappa shape index (κ2) is 10.0. The van der Waals surface area contributed by atoms with Crippen LogP contribution in [0, 0.1) is 0 Å². The summed E-state index contributed by atoms with van der Waals surface area (Å²) < 4.78 is 23.8. The summed E-state index contributed by atoms with van der Waals surface area (Å²) in [5.74, 6) is -2.62. The van der Waals surface area contributed by atoms with Gasteiger partial charge in [-0.1, -0.05) is 18.2 Å². The Labute approximate surface area is 143 Å². The van der Waals surface area contributed by atoms with E-state index in [4.69, 9.17) is 0 Å². The number of rotatable bonds is 10. The zero-order valence-electron chi connectivity index (χ0n) is 14.1. The van der Waals surface area contributed by atoms with Gasteiger partial charge in [0.1, 0.15) is 11.5 Å². The van der Waals surface area contributed by atoms with Crippen molar-refractivity contribution in [2.24, 2.45) is 0 Å². The van der Waals surface area contributed by atoms with Crippen molar-refractivity contribution in [1.29, 1.82) is 0 Å². The summed E-state index contributed by atoms with van der Waals surface area (Å²) in [6.45, 7) is 1.34. The third kappa shape index (κ3) is 9.26. The van der Waals surface area contributed by atoms with E-state index in [1.165, 1.54) is 0 Å². The molecule has 2 amide bonds. The van der Waals surface area contributed by atoms with Crippen LogP contribution in [0.15, 0.2) is 30.3 Å². The molecule has 1 rings (SSSR count). The van der Waals surface area contributed by atoms with Gasteiger partial charge < -0.3 is 15.5 Å². The van der Waals surface area contributed by atoms with E-state index in [9.17, 15) is 18.0 Å². The fourth-order valence-electron chi connectivity index (χ4n) is 2.00. The van der Waals surface area contributed by atoms with Crippen LogP contribution in [0.5, 0.6) is 0 Å². The number of anilines is 1. The number of para-hydroxylation sites is 1. The van der Waals surface area contributed by atoms with E-state index in [2.05, 4.69) is 10.6 Å². The number of nitrogens with zero attached hydrogens (tertiary/aromatic N) is 1. The van der Waals surface area contributed by atoms with Gasteiger partial charge >= 0.3 is 0 Å². The number of benzene rings is 1. The van der Waals surface area contributed by atoms with Crippen molar-refractivity contribution in [3.63, 3.8) is 0 Å². The van der Waals surface area contributed by atoms with E-state index in [1.54, 1.807) is 30.3 Å². The fourth-order valence-corrected chi connectivity index (χ4v) is 3.08. The van der Waals surface area contributed by atoms with Gasteiger partial charge in [0.2, 0.25) is 11.8 Å². The van der Waals surface area contributed by atoms with Crippen LogP contribution in [0.25, 0.3) is 0 Å². The Balaban J connectivity index is 2.32. The lowest BCUT2D eigenvalue weighted by Gasteiger charge is -2.10. The zero-order chi connectivity index (χ0) is 18.0. The van der Waals surface area contributed by atoms with Gasteiger partial charge in [-0.2, -0.15) is 0 Å². The molecular formula is C16H25N3O4S. The molecule has 134 valence electrons. The Kier molecular flexibility index (Phi) is 8.42. The van der Waals surface area contributed by atoms with E-state index in [0.717, 1.165) is 19.4 Å². The Bertz CT molecular complexity index is 630. The van der Waals surface area contributed by atoms with Crippen molar-refractivity contribution in [2.45, 2.75) is 12.8 Å². The Morgan fingerprint density at radius 2 is 1.62 bits per heavy atom. The number of nitrogens with one attached hydrogen (secondary N) is 2. The minimum atomic E-state index is -3.79. The van der Waals surface area contributed by atoms with Crippen LogP contribution in [0.1, 0.15) is 12.8 Å². The van der Waals surface area contributed by atoms with Gasteiger partial charge in [0.15, 0.2) is 9.84 Å². The quantitative estimate of drug-likeness (QED) is 0.596. The molecule has 2 N–H and O–H groups in total. The summed E-state index contributed by atoms with van der Waals surface area (Å²) in [7, 11) is 0.139. The summed E-state index contributed by atoms with van der Waals surface area (Å²) in [6.07, 6.45) is 1.69. The molecule has 24 heavy (non-hydrogen) atoms. The van der Waals surface area contributed by atoms with Crippen LogP contribution in [0.2, 0.25) is 0 Å². The maximum Gasteiger partial charge on any atom is 0.239 e. The maximum atomic E-state index is 11.9. The molecule has 0 aliphatic rings. The average Bonchev–Trinajstić information content (AvgIpc) is 2.46. The topological polar surface area (TPSA) is 95.6 Å². The van der Waals surface area contributed by atoms with Gasteiger partial charge in [-0.05, 0) is 45.6 Å². The Morgan fingerprint density at radius 1 is 1.00 bits per heavy atom. The molecule has 1 aromatic carbocycles. The number of hydrogen-bond donors (Lipinski definition) is 2. The van der Waals surface area contributed by atoms with E-state index in [1.807, 2.05) is 19.0 Å². The highest BCUT2D eigenvalue weighted by molar-refractivity contribution is 7.92. The van der Waals surface area contributed by atoms with Gasteiger partial charge in [-0.25, -0.2) is 8.42 Å². The van der Waals surface area contributed by atoms with Gasteiger partial charge in [-0.15, -0.1) is 0 Å². The first-order chi connectivity index (χ1) is 11.3. The minimum Gasteiger partial charge on any atom is -0.355 e. The van der Waals surface area contributed by atoms with Crippen LogP contribution in [-0.4, -0.2) is 63.8 Å². The fraction of sp³-hybridized carbons (Fsp3) is 0.500. The molecule has 0 aliphatic carbocycles. The lowest BCUT2D eigenvalue weighted by molar-refractivity contribution is -0.118. The van der Waals surface area contributed by atoms with Crippen LogP contribution in [0.3, 0.4) is 0 Å². The largest absolute Gasteiger partial charge is 0.355 e. The lowest BCUT2D eigenvalue weighted by Crippen LogP contribution is -2.34. The molecule has 0 aromatic heterocycles. The monoisotopic (exact) mass is 355 g/mol. The summed E-state index contributed by atoms with van der Waals surface area (Å²) in [4.78, 5) is 25.4. The molecule has 0 atom stereocenters. The van der Waals surface area contributed by atoms with Crippen molar-refractivity contribution in [3.8, 4) is 0 Å². The average molecular weight is 355 g/mol. The van der Waals surface area contributed by atoms with Gasteiger partial charge in [-0.3, -0.25) is 9.59 Å². The van der Waals surface area contributed by atoms with Crippen molar-refractivity contribution >= 4 is 27.3 Å². The number of unbranched alkanes of at least 4 members (excludes halogenated alkanes) is 1. The minimum absolute atomic E-state index is 0.429. The molecule has 0 unspecified atom stereocenters. The highest BCUT2D eigenvalue weighted by Crippen LogP contribution is 2.05. The van der Waals surface area contributed by atoms with Crippen LogP contribution >= 0.6 is 0 Å². The normalized spacial score (nSPS) is 11.3. The molecule has 0 saturated heterocycles. The smallest absolute Gasteiger partial charge is 0.239 e. The lowest BCUT2D eigenvalue weighted by atomic mass is 10.3. The molecule has 0 radical (unpaired) electrons. The molecule has 0 aliphatic heterocycles. The molecule has 0 saturated carbocycles.